The van der Waals surface area contributed by atoms with E-state index in [0.717, 1.165) is 47.9 Å². The molecule has 2 bridgehead atoms. The maximum absolute atomic E-state index is 14.9. The molecule has 9 rings (SSSR count). The van der Waals surface area contributed by atoms with Crippen molar-refractivity contribution in [2.75, 3.05) is 0 Å². The van der Waals surface area contributed by atoms with Crippen LogP contribution in [0.4, 0.5) is 0 Å². The van der Waals surface area contributed by atoms with Crippen molar-refractivity contribution in [3.63, 3.8) is 0 Å². The van der Waals surface area contributed by atoms with Gasteiger partial charge in [0, 0.05) is 22.9 Å². The molecule has 0 saturated carbocycles. The van der Waals surface area contributed by atoms with Gasteiger partial charge in [-0.15, -0.1) is 0 Å². The number of carbonyl (C=O) groups is 2. The Hall–Kier alpha value is -6.25. The summed E-state index contributed by atoms with van der Waals surface area (Å²) in [5, 5.41) is 11.3. The Morgan fingerprint density at radius 3 is 2.12 bits per heavy atom. The van der Waals surface area contributed by atoms with Crippen LogP contribution >= 0.6 is 0 Å². The van der Waals surface area contributed by atoms with E-state index < -0.39 is 42.0 Å². The van der Waals surface area contributed by atoms with Gasteiger partial charge in [0.05, 0.1) is 12.2 Å². The lowest BCUT2D eigenvalue weighted by Gasteiger charge is -2.45. The highest BCUT2D eigenvalue weighted by Gasteiger charge is 2.53. The van der Waals surface area contributed by atoms with Crippen molar-refractivity contribution in [3.8, 4) is 5.75 Å². The molecular formula is C58H62O8. The molecule has 5 aromatic carbocycles. The quantitative estimate of drug-likeness (QED) is 0.0778. The molecule has 3 aliphatic heterocycles. The van der Waals surface area contributed by atoms with Gasteiger partial charge in [-0.3, -0.25) is 4.79 Å². The monoisotopic (exact) mass is 886 g/mol. The first kappa shape index (κ1) is 46.3. The zero-order chi connectivity index (χ0) is 46.4. The Morgan fingerprint density at radius 2 is 1.42 bits per heavy atom. The average Bonchev–Trinajstić information content (AvgIpc) is 3.29. The summed E-state index contributed by atoms with van der Waals surface area (Å²) in [6.45, 7) is 9.09. The Kier molecular flexibility index (Phi) is 14.4. The molecule has 0 fully saturated rings. The molecule has 3 aliphatic rings. The molecule has 0 amide bonds. The summed E-state index contributed by atoms with van der Waals surface area (Å²) in [5.74, 6) is -0.941. The molecule has 0 saturated heterocycles. The molecule has 0 spiro atoms. The largest absolute Gasteiger partial charge is 0.483 e. The zero-order valence-corrected chi connectivity index (χ0v) is 38.9. The maximum Gasteiger partial charge on any atom is 0.340 e. The van der Waals surface area contributed by atoms with Crippen molar-refractivity contribution >= 4 is 22.9 Å². The fourth-order valence-electron chi connectivity index (χ4n) is 10.0. The lowest BCUT2D eigenvalue weighted by molar-refractivity contribution is -0.192. The molecule has 6 aromatic rings. The second-order valence-electron chi connectivity index (χ2n) is 19.0. The molecule has 8 nitrogen and oxygen atoms in total. The van der Waals surface area contributed by atoms with E-state index in [4.69, 9.17) is 18.6 Å². The zero-order valence-electron chi connectivity index (χ0n) is 38.9. The van der Waals surface area contributed by atoms with Crippen molar-refractivity contribution in [1.29, 1.82) is 0 Å². The van der Waals surface area contributed by atoms with E-state index in [1.165, 1.54) is 16.7 Å². The minimum Gasteiger partial charge on any atom is -0.483 e. The van der Waals surface area contributed by atoms with Crippen molar-refractivity contribution < 1.29 is 33.3 Å². The van der Waals surface area contributed by atoms with Crippen molar-refractivity contribution in [2.24, 2.45) is 5.92 Å². The number of esters is 2. The SMILES string of the molecule is CC(C)=C1CCc2ccc(cc2)C[C@@H](CCc2cccc(Cc3ccccc3)c2)CC(=O)O[C@@H]2c3c(ccc4c(CO)c(C(C)C)c(=O)oc34)O[C@@](C)(CCCc3ccccc3)[C@H]2OC1=O. The van der Waals surface area contributed by atoms with E-state index in [1.807, 2.05) is 58.9 Å². The summed E-state index contributed by atoms with van der Waals surface area (Å²) < 4.78 is 26.6. The molecule has 0 radical (unpaired) electrons. The van der Waals surface area contributed by atoms with Crippen LogP contribution in [-0.4, -0.2) is 28.8 Å². The van der Waals surface area contributed by atoms with Crippen LogP contribution in [0.15, 0.2) is 142 Å². The summed E-state index contributed by atoms with van der Waals surface area (Å²) in [5.41, 5.74) is 7.92. The first-order valence-corrected chi connectivity index (χ1v) is 23.6. The van der Waals surface area contributed by atoms with Gasteiger partial charge in [-0.1, -0.05) is 129 Å². The predicted molar refractivity (Wildman–Crippen MR) is 259 cm³/mol. The van der Waals surface area contributed by atoms with Crippen LogP contribution in [0, 0.1) is 5.92 Å². The summed E-state index contributed by atoms with van der Waals surface area (Å²) in [7, 11) is 0. The lowest BCUT2D eigenvalue weighted by Crippen LogP contribution is -2.54. The van der Waals surface area contributed by atoms with E-state index in [1.54, 1.807) is 12.1 Å². The number of hydrogen-bond acceptors (Lipinski definition) is 8. The Morgan fingerprint density at radius 1 is 0.742 bits per heavy atom. The van der Waals surface area contributed by atoms with Crippen LogP contribution in [0.1, 0.15) is 129 Å². The third kappa shape index (κ3) is 10.6. The maximum atomic E-state index is 14.9. The fraction of sp³-hybridized carbons (Fsp3) is 0.362. The van der Waals surface area contributed by atoms with E-state index in [2.05, 4.69) is 84.9 Å². The normalized spacial score (nSPS) is 20.0. The van der Waals surface area contributed by atoms with Crippen LogP contribution in [-0.2, 0) is 57.8 Å². The summed E-state index contributed by atoms with van der Waals surface area (Å²) in [6, 6.07) is 41.4. The number of fused-ring (bicyclic) bond motifs is 13. The Labute approximate surface area is 388 Å². The number of carbonyl (C=O) groups excluding carboxylic acids is 2. The number of ether oxygens (including phenoxy) is 3. The number of aliphatic hydroxyl groups excluding tert-OH is 1. The van der Waals surface area contributed by atoms with E-state index in [9.17, 15) is 19.5 Å². The predicted octanol–water partition coefficient (Wildman–Crippen LogP) is 11.8. The Balaban J connectivity index is 1.21. The first-order valence-electron chi connectivity index (χ1n) is 23.6. The van der Waals surface area contributed by atoms with Gasteiger partial charge in [-0.25, -0.2) is 9.59 Å². The number of benzene rings is 5. The standard InChI is InChI=1S/C58H62O8/c1-37(2)46-28-27-40-21-23-43(24-22-40)34-45(26-25-42-18-12-19-44(33-42)32-41-16-10-7-11-17-41)35-50(60)63-54-52-49(30-29-47-48(36-59)51(38(3)4)57(62)64-53(47)52)66-58(5,55(54)65-56(46)61)31-13-20-39-14-8-6-9-15-39/h6-12,14-19,21-24,29-30,33,38,45,54-55,59H,13,20,25-28,31-32,34-36H2,1-5H3/t45-,54-,55+,58+/m1/s1. The van der Waals surface area contributed by atoms with Crippen molar-refractivity contribution in [3.05, 3.63) is 193 Å². The summed E-state index contributed by atoms with van der Waals surface area (Å²) in [6.07, 6.45) is 3.69. The molecule has 4 heterocycles. The topological polar surface area (TPSA) is 112 Å². The van der Waals surface area contributed by atoms with E-state index in [-0.39, 0.29) is 23.8 Å². The van der Waals surface area contributed by atoms with Crippen LogP contribution in [0.2, 0.25) is 0 Å². The molecule has 342 valence electrons. The molecule has 0 aliphatic carbocycles. The number of hydrogen-bond donors (Lipinski definition) is 1. The first-order chi connectivity index (χ1) is 31.9. The minimum atomic E-state index is -1.21. The smallest absolute Gasteiger partial charge is 0.340 e. The lowest BCUT2D eigenvalue weighted by atomic mass is 9.81. The number of rotatable bonds is 11. The van der Waals surface area contributed by atoms with Crippen LogP contribution < -0.4 is 10.4 Å². The molecule has 0 unspecified atom stereocenters. The third-order valence-corrected chi connectivity index (χ3v) is 13.5. The molecule has 1 aromatic heterocycles. The van der Waals surface area contributed by atoms with Gasteiger partial charge >= 0.3 is 17.6 Å². The highest BCUT2D eigenvalue weighted by molar-refractivity contribution is 5.90. The number of aliphatic hydroxyl groups is 1. The van der Waals surface area contributed by atoms with E-state index >= 15 is 0 Å². The second-order valence-corrected chi connectivity index (χ2v) is 19.0. The van der Waals surface area contributed by atoms with Crippen molar-refractivity contribution in [2.45, 2.75) is 129 Å². The minimum absolute atomic E-state index is 0.0936. The molecule has 4 atom stereocenters. The van der Waals surface area contributed by atoms with Crippen LogP contribution in [0.3, 0.4) is 0 Å². The number of aryl methyl sites for hydroxylation is 3. The molecule has 8 heteroatoms. The third-order valence-electron chi connectivity index (χ3n) is 13.5. The van der Waals surface area contributed by atoms with Crippen LogP contribution in [0.25, 0.3) is 11.0 Å². The van der Waals surface area contributed by atoms with Gasteiger partial charge in [0.25, 0.3) is 0 Å². The van der Waals surface area contributed by atoms with Gasteiger partial charge in [0.15, 0.2) is 12.2 Å². The van der Waals surface area contributed by atoms with Crippen LogP contribution in [0.5, 0.6) is 5.75 Å². The highest BCUT2D eigenvalue weighted by Crippen LogP contribution is 2.49. The van der Waals surface area contributed by atoms with Gasteiger partial charge in [0.1, 0.15) is 16.9 Å². The van der Waals surface area contributed by atoms with Gasteiger partial charge < -0.3 is 23.7 Å². The fourth-order valence-corrected chi connectivity index (χ4v) is 10.0. The van der Waals surface area contributed by atoms with E-state index in [0.29, 0.717) is 65.5 Å². The summed E-state index contributed by atoms with van der Waals surface area (Å²) >= 11 is 0. The highest BCUT2D eigenvalue weighted by atomic mass is 16.6. The van der Waals surface area contributed by atoms with Crippen molar-refractivity contribution in [1.82, 2.24) is 0 Å². The molecule has 66 heavy (non-hydrogen) atoms. The average molecular weight is 887 g/mol. The second kappa shape index (κ2) is 20.5. The molecular weight excluding hydrogens is 825 g/mol. The van der Waals surface area contributed by atoms with Gasteiger partial charge in [0.2, 0.25) is 0 Å². The van der Waals surface area contributed by atoms with Gasteiger partial charge in [-0.05, 0) is 141 Å². The summed E-state index contributed by atoms with van der Waals surface area (Å²) in [4.78, 5) is 43.4. The Bertz CT molecular complexity index is 2750. The number of allylic oxidation sites excluding steroid dienone is 1. The van der Waals surface area contributed by atoms with Gasteiger partial charge in [-0.2, -0.15) is 0 Å². The molecule has 1 N–H and O–H groups in total.